The number of fused-ring (bicyclic) bond motifs is 2. The maximum absolute atomic E-state index is 12.2. The van der Waals surface area contributed by atoms with E-state index in [0.717, 1.165) is 19.3 Å². The molecule has 6 atom stereocenters. The Morgan fingerprint density at radius 2 is 1.63 bits per heavy atom. The lowest BCUT2D eigenvalue weighted by Crippen LogP contribution is -2.40. The van der Waals surface area contributed by atoms with Gasteiger partial charge in [0.2, 0.25) is 0 Å². The van der Waals surface area contributed by atoms with E-state index in [1.807, 2.05) is 13.0 Å². The van der Waals surface area contributed by atoms with Crippen LogP contribution >= 0.6 is 0 Å². The Hall–Kier alpha value is -1.24. The molecule has 1 saturated heterocycles. The summed E-state index contributed by atoms with van der Waals surface area (Å²) in [5.74, 6) is -1.27. The Bertz CT molecular complexity index is 765. The Labute approximate surface area is 230 Å². The summed E-state index contributed by atoms with van der Waals surface area (Å²) in [4.78, 5) is 24.1. The molecule has 1 heterocycles. The van der Waals surface area contributed by atoms with Crippen molar-refractivity contribution in [3.05, 3.63) is 12.2 Å². The molecule has 0 amide bonds. The number of aliphatic hydroxyl groups is 2. The zero-order valence-corrected chi connectivity index (χ0v) is 24.1. The number of esters is 1. The molecule has 38 heavy (non-hydrogen) atoms. The van der Waals surface area contributed by atoms with Gasteiger partial charge in [-0.25, -0.2) is 0 Å². The first kappa shape index (κ1) is 31.3. The van der Waals surface area contributed by atoms with Gasteiger partial charge in [-0.15, -0.1) is 0 Å². The van der Waals surface area contributed by atoms with E-state index >= 15 is 0 Å². The normalized spacial score (nSPS) is 29.4. The molecule has 2 aliphatic carbocycles. The first-order valence-electron chi connectivity index (χ1n) is 15.8. The Morgan fingerprint density at radius 1 is 1.03 bits per heavy atom. The van der Waals surface area contributed by atoms with Crippen molar-refractivity contribution < 1.29 is 29.3 Å². The minimum Gasteiger partial charge on any atom is -0.466 e. The topological polar surface area (TPSA) is 93.1 Å². The van der Waals surface area contributed by atoms with Crippen LogP contribution in [0.25, 0.3) is 0 Å². The van der Waals surface area contributed by atoms with E-state index in [-0.39, 0.29) is 42.3 Å². The summed E-state index contributed by atoms with van der Waals surface area (Å²) < 4.78 is 11.5. The zero-order chi connectivity index (χ0) is 27.4. The predicted molar refractivity (Wildman–Crippen MR) is 149 cm³/mol. The van der Waals surface area contributed by atoms with E-state index in [1.54, 1.807) is 6.08 Å². The van der Waals surface area contributed by atoms with Crippen LogP contribution in [0.1, 0.15) is 136 Å². The van der Waals surface area contributed by atoms with Gasteiger partial charge < -0.3 is 19.7 Å². The number of ether oxygens (including phenoxy) is 2. The van der Waals surface area contributed by atoms with Gasteiger partial charge in [-0.2, -0.15) is 0 Å². The average Bonchev–Trinajstić information content (AvgIpc) is 3.62. The third-order valence-electron chi connectivity index (χ3n) is 8.85. The highest BCUT2D eigenvalue weighted by Gasteiger charge is 2.62. The number of rotatable bonds is 20. The largest absolute Gasteiger partial charge is 0.466 e. The highest BCUT2D eigenvalue weighted by atomic mass is 16.6. The molecule has 2 fully saturated rings. The van der Waals surface area contributed by atoms with Crippen LogP contribution in [-0.2, 0) is 19.1 Å². The van der Waals surface area contributed by atoms with Crippen LogP contribution in [0, 0.1) is 17.8 Å². The van der Waals surface area contributed by atoms with Crippen molar-refractivity contribution in [3.63, 3.8) is 0 Å². The fourth-order valence-corrected chi connectivity index (χ4v) is 6.54. The molecule has 0 radical (unpaired) electrons. The van der Waals surface area contributed by atoms with Crippen molar-refractivity contribution in [1.29, 1.82) is 0 Å². The quantitative estimate of drug-likeness (QED) is 0.132. The van der Waals surface area contributed by atoms with Gasteiger partial charge in [0.25, 0.3) is 0 Å². The van der Waals surface area contributed by atoms with Crippen LogP contribution in [-0.4, -0.2) is 46.1 Å². The van der Waals surface area contributed by atoms with Gasteiger partial charge in [-0.3, -0.25) is 9.59 Å². The Morgan fingerprint density at radius 3 is 2.26 bits per heavy atom. The van der Waals surface area contributed by atoms with Crippen molar-refractivity contribution in [3.8, 4) is 0 Å². The molecule has 6 heteroatoms. The van der Waals surface area contributed by atoms with Crippen molar-refractivity contribution in [1.82, 2.24) is 0 Å². The number of carbonyl (C=O) groups is 2. The molecule has 1 spiro atoms. The first-order valence-corrected chi connectivity index (χ1v) is 15.8. The zero-order valence-electron chi connectivity index (χ0n) is 24.1. The summed E-state index contributed by atoms with van der Waals surface area (Å²) in [5, 5.41) is 21.6. The minimum atomic E-state index is -1.38. The number of hydrogen-bond donors (Lipinski definition) is 2. The fourth-order valence-electron chi connectivity index (χ4n) is 6.54. The van der Waals surface area contributed by atoms with Gasteiger partial charge in [-0.1, -0.05) is 90.9 Å². The molecule has 4 unspecified atom stereocenters. The number of carbonyl (C=O) groups excluding carboxylic acids is 2. The van der Waals surface area contributed by atoms with Gasteiger partial charge >= 0.3 is 5.97 Å². The van der Waals surface area contributed by atoms with Gasteiger partial charge in [0.15, 0.2) is 11.6 Å². The minimum absolute atomic E-state index is 0.0388. The smallest absolute Gasteiger partial charge is 0.306 e. The first-order chi connectivity index (χ1) is 18.3. The highest BCUT2D eigenvalue weighted by molar-refractivity contribution is 5.95. The van der Waals surface area contributed by atoms with E-state index in [2.05, 4.69) is 6.92 Å². The number of hydrogen-bond acceptors (Lipinski definition) is 6. The molecule has 3 rings (SSSR count). The van der Waals surface area contributed by atoms with Gasteiger partial charge in [0, 0.05) is 31.1 Å². The van der Waals surface area contributed by atoms with E-state index in [9.17, 15) is 19.8 Å². The second-order valence-corrected chi connectivity index (χ2v) is 12.6. The number of allylic oxidation sites excluding steroid dienone is 1. The lowest BCUT2D eigenvalue weighted by atomic mass is 9.87. The lowest BCUT2D eigenvalue weighted by molar-refractivity contribution is -0.231. The summed E-state index contributed by atoms with van der Waals surface area (Å²) in [6.07, 6.45) is 22.2. The van der Waals surface area contributed by atoms with Gasteiger partial charge in [0.05, 0.1) is 18.3 Å². The molecule has 1 aliphatic heterocycles. The van der Waals surface area contributed by atoms with Crippen LogP contribution < -0.4 is 0 Å². The molecular weight excluding hydrogens is 480 g/mol. The van der Waals surface area contributed by atoms with E-state index in [4.69, 9.17) is 9.47 Å². The monoisotopic (exact) mass is 534 g/mol. The van der Waals surface area contributed by atoms with Crippen LogP contribution in [0.5, 0.6) is 0 Å². The van der Waals surface area contributed by atoms with Gasteiger partial charge in [0.1, 0.15) is 0 Å². The molecule has 0 aromatic carbocycles. The predicted octanol–water partition coefficient (Wildman–Crippen LogP) is 6.80. The van der Waals surface area contributed by atoms with Crippen LogP contribution in [0.2, 0.25) is 0 Å². The van der Waals surface area contributed by atoms with E-state index in [0.29, 0.717) is 25.9 Å². The highest BCUT2D eigenvalue weighted by Crippen LogP contribution is 2.58. The maximum Gasteiger partial charge on any atom is 0.306 e. The number of ketones is 1. The molecule has 2 N–H and O–H groups in total. The van der Waals surface area contributed by atoms with Crippen LogP contribution in [0.4, 0.5) is 0 Å². The van der Waals surface area contributed by atoms with Gasteiger partial charge in [-0.05, 0) is 43.8 Å². The third kappa shape index (κ3) is 10.1. The van der Waals surface area contributed by atoms with Crippen LogP contribution in [0.3, 0.4) is 0 Å². The van der Waals surface area contributed by atoms with Crippen molar-refractivity contribution in [2.24, 2.45) is 17.8 Å². The summed E-state index contributed by atoms with van der Waals surface area (Å²) >= 11 is 0. The summed E-state index contributed by atoms with van der Waals surface area (Å²) in [6.45, 7) is 4.66. The van der Waals surface area contributed by atoms with E-state index in [1.165, 1.54) is 70.6 Å². The van der Waals surface area contributed by atoms with Crippen molar-refractivity contribution in [2.45, 2.75) is 153 Å². The second-order valence-electron chi connectivity index (χ2n) is 12.6. The number of aliphatic hydroxyl groups excluding tert-OH is 1. The summed E-state index contributed by atoms with van der Waals surface area (Å²) in [5.41, 5.74) is -0.560. The third-order valence-corrected chi connectivity index (χ3v) is 8.85. The van der Waals surface area contributed by atoms with Crippen molar-refractivity contribution >= 4 is 11.8 Å². The maximum atomic E-state index is 12.2. The molecule has 218 valence electrons. The molecule has 0 bridgehead atoms. The standard InChI is InChI=1S/C32H54O6/c1-3-4-5-6-7-8-9-10-11-12-13-14-15-20-37-30(35)22-25(2)21-26(33)24-32(36)19-18-31(38-32)17-16-29(34)27-23-28(27)31/h16-17,25-28,33,36H,3-15,18-24H2,1-2H3/t25?,26?,27-,28?,31?,32+/m0/s1. The van der Waals surface area contributed by atoms with Crippen LogP contribution in [0.15, 0.2) is 12.2 Å². The lowest BCUT2D eigenvalue weighted by Gasteiger charge is -2.33. The molecule has 1 saturated carbocycles. The SMILES string of the molecule is CCCCCCCCCCCCCCCOC(=O)CC(C)CC(O)C[C@@]1(O)CCC2(C=CC(=O)[C@H]3CC32)O1. The van der Waals surface area contributed by atoms with Crippen molar-refractivity contribution in [2.75, 3.05) is 6.61 Å². The molecule has 3 aliphatic rings. The summed E-state index contributed by atoms with van der Waals surface area (Å²) in [6, 6.07) is 0. The Kier molecular flexibility index (Phi) is 12.8. The summed E-state index contributed by atoms with van der Waals surface area (Å²) in [7, 11) is 0. The Balaban J connectivity index is 1.17. The molecule has 0 aromatic heterocycles. The molecule has 0 aromatic rings. The number of unbranched alkanes of at least 4 members (excludes halogenated alkanes) is 12. The molecular formula is C32H54O6. The van der Waals surface area contributed by atoms with E-state index < -0.39 is 17.5 Å². The second kappa shape index (κ2) is 15.5. The average molecular weight is 535 g/mol. The fraction of sp³-hybridized carbons (Fsp3) is 0.875. The molecule has 6 nitrogen and oxygen atoms in total.